The Bertz CT molecular complexity index is 757. The first-order chi connectivity index (χ1) is 12.6. The fourth-order valence-corrected chi connectivity index (χ4v) is 3.57. The van der Waals surface area contributed by atoms with Crippen LogP contribution in [0.25, 0.3) is 0 Å². The van der Waals surface area contributed by atoms with Gasteiger partial charge in [0.15, 0.2) is 0 Å². The maximum Gasteiger partial charge on any atom is 0.292 e. The number of carbonyl (C=O) groups is 2. The third kappa shape index (κ3) is 4.12. The van der Waals surface area contributed by atoms with Gasteiger partial charge < -0.3 is 14.7 Å². The second kappa shape index (κ2) is 8.17. The van der Waals surface area contributed by atoms with Gasteiger partial charge in [-0.05, 0) is 31.2 Å². The van der Waals surface area contributed by atoms with Crippen LogP contribution in [0.5, 0.6) is 0 Å². The highest BCUT2D eigenvalue weighted by atomic mass is 16.5. The number of benzene rings is 1. The maximum atomic E-state index is 13.0. The first kappa shape index (κ1) is 18.2. The van der Waals surface area contributed by atoms with Gasteiger partial charge in [0.25, 0.3) is 5.91 Å². The van der Waals surface area contributed by atoms with E-state index < -0.39 is 0 Å². The van der Waals surface area contributed by atoms with Gasteiger partial charge in [-0.1, -0.05) is 42.4 Å². The number of aryl methyl sites for hydroxylation is 1. The number of piperidine rings is 1. The van der Waals surface area contributed by atoms with Crippen molar-refractivity contribution in [3.63, 3.8) is 0 Å². The quantitative estimate of drug-likeness (QED) is 0.894. The smallest absolute Gasteiger partial charge is 0.292 e. The summed E-state index contributed by atoms with van der Waals surface area (Å²) in [5.41, 5.74) is 1.91. The minimum absolute atomic E-state index is 0.0704. The van der Waals surface area contributed by atoms with Crippen LogP contribution in [-0.4, -0.2) is 40.5 Å². The zero-order chi connectivity index (χ0) is 18.5. The number of nitrogens with one attached hydrogen (secondary N) is 1. The molecule has 0 saturated carbocycles. The van der Waals surface area contributed by atoms with Crippen molar-refractivity contribution in [1.82, 2.24) is 15.4 Å². The van der Waals surface area contributed by atoms with Crippen molar-refractivity contribution in [3.05, 3.63) is 53.4 Å². The largest absolute Gasteiger partial charge is 0.352 e. The molecule has 0 unspecified atom stereocenters. The van der Waals surface area contributed by atoms with E-state index in [0.717, 1.165) is 30.5 Å². The van der Waals surface area contributed by atoms with Crippen molar-refractivity contribution in [2.24, 2.45) is 0 Å². The molecule has 0 aliphatic carbocycles. The second-order valence-electron chi connectivity index (χ2n) is 6.74. The Morgan fingerprint density at radius 1 is 1.31 bits per heavy atom. The van der Waals surface area contributed by atoms with E-state index >= 15 is 0 Å². The number of likely N-dealkylation sites (tertiary alicyclic amines) is 1. The first-order valence-electron chi connectivity index (χ1n) is 9.16. The topological polar surface area (TPSA) is 75.4 Å². The fourth-order valence-electron chi connectivity index (χ4n) is 3.57. The molecule has 1 aliphatic rings. The number of rotatable bonds is 5. The third-order valence-electron chi connectivity index (χ3n) is 4.85. The minimum atomic E-state index is -0.159. The van der Waals surface area contributed by atoms with Gasteiger partial charge in [0.05, 0.1) is 11.7 Å². The van der Waals surface area contributed by atoms with Crippen LogP contribution in [0, 0.1) is 0 Å². The van der Waals surface area contributed by atoms with Crippen molar-refractivity contribution < 1.29 is 14.1 Å². The van der Waals surface area contributed by atoms with Gasteiger partial charge in [-0.3, -0.25) is 9.59 Å². The van der Waals surface area contributed by atoms with Crippen LogP contribution in [0.2, 0.25) is 0 Å². The lowest BCUT2D eigenvalue weighted by Gasteiger charge is -2.41. The molecule has 26 heavy (non-hydrogen) atoms. The number of hydrogen-bond acceptors (Lipinski definition) is 4. The molecule has 0 bridgehead atoms. The summed E-state index contributed by atoms with van der Waals surface area (Å²) in [5, 5.41) is 6.96. The number of carbonyl (C=O) groups excluding carboxylic acids is 2. The van der Waals surface area contributed by atoms with Crippen molar-refractivity contribution >= 4 is 11.8 Å². The van der Waals surface area contributed by atoms with Crippen LogP contribution in [0.1, 0.15) is 48.5 Å². The first-order valence-corrected chi connectivity index (χ1v) is 9.16. The van der Waals surface area contributed by atoms with Crippen molar-refractivity contribution in [1.29, 1.82) is 0 Å². The predicted molar refractivity (Wildman–Crippen MR) is 97.7 cm³/mol. The fraction of sp³-hybridized carbons (Fsp3) is 0.450. The molecule has 1 N–H and O–H groups in total. The lowest BCUT2D eigenvalue weighted by Crippen LogP contribution is -2.57. The molecular formula is C20H25N3O3. The third-order valence-corrected chi connectivity index (χ3v) is 4.85. The van der Waals surface area contributed by atoms with Gasteiger partial charge in [-0.25, -0.2) is 0 Å². The summed E-state index contributed by atoms with van der Waals surface area (Å²) in [4.78, 5) is 26.5. The summed E-state index contributed by atoms with van der Waals surface area (Å²) in [6, 6.07) is 11.6. The molecule has 138 valence electrons. The molecule has 0 spiro atoms. The highest BCUT2D eigenvalue weighted by Crippen LogP contribution is 2.24. The van der Waals surface area contributed by atoms with Crippen LogP contribution in [0.3, 0.4) is 0 Å². The average Bonchev–Trinajstić information content (AvgIpc) is 3.12. The summed E-state index contributed by atoms with van der Waals surface area (Å²) in [7, 11) is 0. The van der Waals surface area contributed by atoms with Crippen molar-refractivity contribution in [2.45, 2.75) is 51.6 Å². The van der Waals surface area contributed by atoms with Crippen molar-refractivity contribution in [3.8, 4) is 0 Å². The van der Waals surface area contributed by atoms with Crippen molar-refractivity contribution in [2.75, 3.05) is 6.54 Å². The summed E-state index contributed by atoms with van der Waals surface area (Å²) < 4.78 is 5.26. The Hall–Kier alpha value is -2.63. The maximum absolute atomic E-state index is 13.0. The predicted octanol–water partition coefficient (Wildman–Crippen LogP) is 2.59. The minimum Gasteiger partial charge on any atom is -0.352 e. The van der Waals surface area contributed by atoms with Gasteiger partial charge >= 0.3 is 0 Å². The Morgan fingerprint density at radius 2 is 2.08 bits per heavy atom. The standard InChI is InChI=1S/C20H25N3O3/c1-3-16-13-19(26-22-16)20(25)23-11-7-10-17(21-14(2)24)18(23)12-15-8-5-4-6-9-15/h4-6,8-9,13,17-18H,3,7,10-12H2,1-2H3,(H,21,24)/t17-,18-/m0/s1. The Morgan fingerprint density at radius 3 is 2.73 bits per heavy atom. The molecule has 0 radical (unpaired) electrons. The average molecular weight is 355 g/mol. The highest BCUT2D eigenvalue weighted by Gasteiger charge is 2.36. The van der Waals surface area contributed by atoms with Crippen LogP contribution in [0.15, 0.2) is 40.9 Å². The molecule has 2 heterocycles. The molecule has 6 nitrogen and oxygen atoms in total. The monoisotopic (exact) mass is 355 g/mol. The van der Waals surface area contributed by atoms with Crippen LogP contribution in [0.4, 0.5) is 0 Å². The number of nitrogens with zero attached hydrogens (tertiary/aromatic N) is 2. The highest BCUT2D eigenvalue weighted by molar-refractivity contribution is 5.92. The molecule has 3 rings (SSSR count). The van der Waals surface area contributed by atoms with E-state index in [-0.39, 0.29) is 29.7 Å². The lowest BCUT2D eigenvalue weighted by atomic mass is 9.90. The van der Waals surface area contributed by atoms with E-state index in [0.29, 0.717) is 13.0 Å². The van der Waals surface area contributed by atoms with Crippen LogP contribution >= 0.6 is 0 Å². The van der Waals surface area contributed by atoms with Gasteiger partial charge in [0, 0.05) is 25.6 Å². The van der Waals surface area contributed by atoms with Gasteiger partial charge in [-0.15, -0.1) is 0 Å². The summed E-state index contributed by atoms with van der Waals surface area (Å²) in [6.07, 6.45) is 3.11. The van der Waals surface area contributed by atoms with Gasteiger partial charge in [-0.2, -0.15) is 0 Å². The normalized spacial score (nSPS) is 20.0. The zero-order valence-electron chi connectivity index (χ0n) is 15.3. The van der Waals surface area contributed by atoms with E-state index in [2.05, 4.69) is 10.5 Å². The van der Waals surface area contributed by atoms with Gasteiger partial charge in [0.2, 0.25) is 11.7 Å². The molecule has 1 aromatic carbocycles. The van der Waals surface area contributed by atoms with E-state index in [9.17, 15) is 9.59 Å². The van der Waals surface area contributed by atoms with E-state index in [4.69, 9.17) is 4.52 Å². The summed E-state index contributed by atoms with van der Waals surface area (Å²) in [5.74, 6) is 0.0341. The Labute approximate surface area is 153 Å². The summed E-state index contributed by atoms with van der Waals surface area (Å²) in [6.45, 7) is 4.14. The molecule has 1 aliphatic heterocycles. The molecule has 6 heteroatoms. The van der Waals surface area contributed by atoms with Crippen LogP contribution < -0.4 is 5.32 Å². The van der Waals surface area contributed by atoms with Crippen LogP contribution in [-0.2, 0) is 17.6 Å². The lowest BCUT2D eigenvalue weighted by molar-refractivity contribution is -0.120. The Kier molecular flexibility index (Phi) is 5.71. The van der Waals surface area contributed by atoms with E-state index in [1.807, 2.05) is 42.2 Å². The molecule has 1 saturated heterocycles. The molecule has 1 aromatic heterocycles. The molecule has 2 amide bonds. The van der Waals surface area contributed by atoms with Gasteiger partial charge in [0.1, 0.15) is 0 Å². The molecule has 1 fully saturated rings. The van der Waals surface area contributed by atoms with E-state index in [1.165, 1.54) is 6.92 Å². The second-order valence-corrected chi connectivity index (χ2v) is 6.74. The SMILES string of the molecule is CCc1cc(C(=O)N2CCC[C@H](NC(C)=O)[C@@H]2Cc2ccccc2)on1. The summed E-state index contributed by atoms with van der Waals surface area (Å²) >= 11 is 0. The zero-order valence-corrected chi connectivity index (χ0v) is 15.3. The number of hydrogen-bond donors (Lipinski definition) is 1. The number of amides is 2. The molecule has 2 aromatic rings. The Balaban J connectivity index is 1.86. The number of aromatic nitrogens is 1. The molecule has 2 atom stereocenters. The molecular weight excluding hydrogens is 330 g/mol. The van der Waals surface area contributed by atoms with E-state index in [1.54, 1.807) is 6.07 Å².